The van der Waals surface area contributed by atoms with Gasteiger partial charge in [0.15, 0.2) is 0 Å². The van der Waals surface area contributed by atoms with Gasteiger partial charge in [-0.1, -0.05) is 37.6 Å². The van der Waals surface area contributed by atoms with Crippen LogP contribution < -0.4 is 0 Å². The molecule has 4 heteroatoms. The molecule has 0 fully saturated rings. The van der Waals surface area contributed by atoms with E-state index >= 15 is 0 Å². The van der Waals surface area contributed by atoms with Gasteiger partial charge < -0.3 is 4.74 Å². The molecule has 0 N–H and O–H groups in total. The molecule has 0 spiro atoms. The smallest absolute Gasteiger partial charge is 0.330 e. The molecule has 1 aromatic carbocycles. The van der Waals surface area contributed by atoms with Crippen molar-refractivity contribution < 1.29 is 9.53 Å². The lowest BCUT2D eigenvalue weighted by atomic mass is 10.2. The normalized spacial score (nSPS) is 12.9. The second-order valence-electron chi connectivity index (χ2n) is 4.53. The highest BCUT2D eigenvalue weighted by molar-refractivity contribution is 6.30. The molecule has 98 valence electrons. The summed E-state index contributed by atoms with van der Waals surface area (Å²) in [6.45, 7) is 6.14. The maximum Gasteiger partial charge on any atom is 0.330 e. The van der Waals surface area contributed by atoms with E-state index in [9.17, 15) is 4.79 Å². The van der Waals surface area contributed by atoms with Crippen molar-refractivity contribution in [3.8, 4) is 0 Å². The van der Waals surface area contributed by atoms with E-state index in [4.69, 9.17) is 16.3 Å². The van der Waals surface area contributed by atoms with Gasteiger partial charge in [0.25, 0.3) is 0 Å². The van der Waals surface area contributed by atoms with E-state index in [0.29, 0.717) is 17.5 Å². The number of benzene rings is 1. The first-order valence-corrected chi connectivity index (χ1v) is 6.32. The summed E-state index contributed by atoms with van der Waals surface area (Å²) in [7, 11) is 0. The van der Waals surface area contributed by atoms with Gasteiger partial charge in [0.05, 0.1) is 6.61 Å². The minimum Gasteiger partial charge on any atom is -0.464 e. The predicted octanol–water partition coefficient (Wildman–Crippen LogP) is 3.35. The molecule has 0 heterocycles. The molecule has 0 aliphatic rings. The summed E-state index contributed by atoms with van der Waals surface area (Å²) in [4.78, 5) is 15.7. The first-order valence-electron chi connectivity index (χ1n) is 5.94. The lowest BCUT2D eigenvalue weighted by Crippen LogP contribution is -2.20. The minimum atomic E-state index is -0.487. The van der Waals surface area contributed by atoms with E-state index in [0.717, 1.165) is 5.56 Å². The molecule has 0 saturated carbocycles. The first kappa shape index (κ1) is 14.7. The highest BCUT2D eigenvalue weighted by Crippen LogP contribution is 2.08. The van der Waals surface area contributed by atoms with Crippen molar-refractivity contribution in [1.29, 1.82) is 0 Å². The van der Waals surface area contributed by atoms with Gasteiger partial charge in [-0.3, -0.25) is 4.99 Å². The third-order valence-electron chi connectivity index (χ3n) is 2.22. The van der Waals surface area contributed by atoms with Crippen LogP contribution >= 0.6 is 11.6 Å². The monoisotopic (exact) mass is 267 g/mol. The summed E-state index contributed by atoms with van der Waals surface area (Å²) >= 11 is 5.78. The Bertz CT molecular complexity index is 412. The third-order valence-corrected chi connectivity index (χ3v) is 2.47. The van der Waals surface area contributed by atoms with Crippen LogP contribution in [0.25, 0.3) is 0 Å². The number of hydrogen-bond acceptors (Lipinski definition) is 3. The van der Waals surface area contributed by atoms with E-state index in [2.05, 4.69) is 4.99 Å². The third kappa shape index (κ3) is 5.32. The number of halogens is 1. The Morgan fingerprint density at radius 1 is 1.33 bits per heavy atom. The standard InChI is InChI=1S/C14H18ClNO2/c1-10(2)9-18-14(17)11(3)16-8-12-4-6-13(15)7-5-12/h4-8,10-11H,9H2,1-3H3. The Morgan fingerprint density at radius 2 is 1.94 bits per heavy atom. The number of ether oxygens (including phenoxy) is 1. The predicted molar refractivity (Wildman–Crippen MR) is 74.3 cm³/mol. The van der Waals surface area contributed by atoms with Gasteiger partial charge >= 0.3 is 5.97 Å². The van der Waals surface area contributed by atoms with Crippen LogP contribution in [0.2, 0.25) is 5.02 Å². The topological polar surface area (TPSA) is 38.7 Å². The number of carbonyl (C=O) groups is 1. The fourth-order valence-electron chi connectivity index (χ4n) is 1.18. The van der Waals surface area contributed by atoms with Crippen molar-refractivity contribution in [2.24, 2.45) is 10.9 Å². The highest BCUT2D eigenvalue weighted by Gasteiger charge is 2.12. The molecule has 0 amide bonds. The average Bonchev–Trinajstić information content (AvgIpc) is 2.34. The quantitative estimate of drug-likeness (QED) is 0.606. The molecular weight excluding hydrogens is 250 g/mol. The molecule has 1 unspecified atom stereocenters. The molecule has 0 aliphatic heterocycles. The minimum absolute atomic E-state index is 0.297. The van der Waals surface area contributed by atoms with E-state index < -0.39 is 6.04 Å². The number of aliphatic imine (C=N–C) groups is 1. The molecule has 1 rings (SSSR count). The molecule has 0 saturated heterocycles. The van der Waals surface area contributed by atoms with Gasteiger partial charge in [0, 0.05) is 11.2 Å². The molecule has 18 heavy (non-hydrogen) atoms. The van der Waals surface area contributed by atoms with Gasteiger partial charge in [0.2, 0.25) is 0 Å². The SMILES string of the molecule is CC(C)COC(=O)C(C)N=Cc1ccc(Cl)cc1. The van der Waals surface area contributed by atoms with Crippen molar-refractivity contribution >= 4 is 23.8 Å². The largest absolute Gasteiger partial charge is 0.464 e. The van der Waals surface area contributed by atoms with Crippen LogP contribution in [-0.2, 0) is 9.53 Å². The van der Waals surface area contributed by atoms with Gasteiger partial charge in [-0.05, 0) is 30.5 Å². The molecule has 0 aliphatic carbocycles. The van der Waals surface area contributed by atoms with E-state index in [1.165, 1.54) is 0 Å². The van der Waals surface area contributed by atoms with E-state index in [-0.39, 0.29) is 5.97 Å². The Balaban J connectivity index is 2.50. The van der Waals surface area contributed by atoms with Crippen LogP contribution in [0.3, 0.4) is 0 Å². The average molecular weight is 268 g/mol. The van der Waals surface area contributed by atoms with Crippen LogP contribution in [0, 0.1) is 5.92 Å². The lowest BCUT2D eigenvalue weighted by molar-refractivity contribution is -0.145. The van der Waals surface area contributed by atoms with E-state index in [1.54, 1.807) is 25.3 Å². The molecule has 1 aromatic rings. The summed E-state index contributed by atoms with van der Waals surface area (Å²) in [6.07, 6.45) is 1.65. The van der Waals surface area contributed by atoms with E-state index in [1.807, 2.05) is 26.0 Å². The molecule has 0 radical (unpaired) electrons. The van der Waals surface area contributed by atoms with Crippen LogP contribution in [-0.4, -0.2) is 24.8 Å². The lowest BCUT2D eigenvalue weighted by Gasteiger charge is -2.09. The van der Waals surface area contributed by atoms with Gasteiger partial charge in [-0.2, -0.15) is 0 Å². The first-order chi connectivity index (χ1) is 8.49. The second kappa shape index (κ2) is 7.17. The maximum atomic E-state index is 11.6. The number of rotatable bonds is 5. The Hall–Kier alpha value is -1.35. The summed E-state index contributed by atoms with van der Waals surface area (Å²) < 4.78 is 5.10. The Labute approximate surface area is 113 Å². The second-order valence-corrected chi connectivity index (χ2v) is 4.97. The zero-order valence-corrected chi connectivity index (χ0v) is 11.6. The number of hydrogen-bond donors (Lipinski definition) is 0. The van der Waals surface area contributed by atoms with Crippen molar-refractivity contribution in [2.45, 2.75) is 26.8 Å². The van der Waals surface area contributed by atoms with Gasteiger partial charge in [0.1, 0.15) is 6.04 Å². The summed E-state index contributed by atoms with van der Waals surface area (Å²) in [5, 5.41) is 0.677. The zero-order chi connectivity index (χ0) is 13.5. The fourth-order valence-corrected chi connectivity index (χ4v) is 1.30. The molecule has 1 atom stereocenters. The van der Waals surface area contributed by atoms with Crippen molar-refractivity contribution in [3.63, 3.8) is 0 Å². The van der Waals surface area contributed by atoms with Crippen LogP contribution in [0.15, 0.2) is 29.3 Å². The van der Waals surface area contributed by atoms with Gasteiger partial charge in [-0.25, -0.2) is 4.79 Å². The highest BCUT2D eigenvalue weighted by atomic mass is 35.5. The molecular formula is C14H18ClNO2. The maximum absolute atomic E-state index is 11.6. The molecule has 0 aromatic heterocycles. The summed E-state index contributed by atoms with van der Waals surface area (Å²) in [5.74, 6) is 0.0373. The number of nitrogens with zero attached hydrogens (tertiary/aromatic N) is 1. The van der Waals surface area contributed by atoms with Crippen molar-refractivity contribution in [2.75, 3.05) is 6.61 Å². The number of carbonyl (C=O) groups excluding carboxylic acids is 1. The Kier molecular flexibility index (Phi) is 5.86. The molecule has 0 bridgehead atoms. The summed E-state index contributed by atoms with van der Waals surface area (Å²) in [5.41, 5.74) is 0.905. The summed E-state index contributed by atoms with van der Waals surface area (Å²) in [6, 6.07) is 6.77. The Morgan fingerprint density at radius 3 is 2.50 bits per heavy atom. The van der Waals surface area contributed by atoms with Crippen LogP contribution in [0.4, 0.5) is 0 Å². The van der Waals surface area contributed by atoms with Crippen LogP contribution in [0.5, 0.6) is 0 Å². The number of esters is 1. The fraction of sp³-hybridized carbons (Fsp3) is 0.429. The zero-order valence-electron chi connectivity index (χ0n) is 10.9. The van der Waals surface area contributed by atoms with Crippen LogP contribution in [0.1, 0.15) is 26.3 Å². The van der Waals surface area contributed by atoms with Crippen molar-refractivity contribution in [1.82, 2.24) is 0 Å². The molecule has 3 nitrogen and oxygen atoms in total. The van der Waals surface area contributed by atoms with Crippen molar-refractivity contribution in [3.05, 3.63) is 34.9 Å². The van der Waals surface area contributed by atoms with Gasteiger partial charge in [-0.15, -0.1) is 0 Å².